The van der Waals surface area contributed by atoms with Crippen LogP contribution in [0.1, 0.15) is 24.0 Å². The highest BCUT2D eigenvalue weighted by Crippen LogP contribution is 2.24. The van der Waals surface area contributed by atoms with Crippen molar-refractivity contribution in [2.24, 2.45) is 11.0 Å². The molecule has 7 nitrogen and oxygen atoms in total. The van der Waals surface area contributed by atoms with Crippen molar-refractivity contribution in [2.75, 3.05) is 13.1 Å². The topological polar surface area (TPSA) is 99.1 Å². The Bertz CT molecular complexity index is 963. The Morgan fingerprint density at radius 1 is 1.18 bits per heavy atom. The van der Waals surface area contributed by atoms with Crippen LogP contribution in [-0.2, 0) is 14.8 Å². The fraction of sp³-hybridized carbons (Fsp3) is 0.300. The Hall–Kier alpha value is -2.71. The highest BCUT2D eigenvalue weighted by molar-refractivity contribution is 7.89. The number of aromatic hydroxyl groups is 1. The maximum atomic E-state index is 12.7. The highest BCUT2D eigenvalue weighted by Gasteiger charge is 2.31. The Balaban J connectivity index is 1.54. The molecule has 1 aliphatic heterocycles. The third-order valence-corrected chi connectivity index (χ3v) is 6.65. The van der Waals surface area contributed by atoms with Gasteiger partial charge in [-0.15, -0.1) is 0 Å². The summed E-state index contributed by atoms with van der Waals surface area (Å²) in [5.41, 5.74) is 4.16. The van der Waals surface area contributed by atoms with E-state index < -0.39 is 10.0 Å². The molecule has 0 radical (unpaired) electrons. The van der Waals surface area contributed by atoms with Crippen LogP contribution in [0.5, 0.6) is 5.75 Å². The maximum absolute atomic E-state index is 12.7. The Morgan fingerprint density at radius 2 is 1.86 bits per heavy atom. The average Bonchev–Trinajstić information content (AvgIpc) is 2.68. The van der Waals surface area contributed by atoms with E-state index in [1.165, 1.54) is 16.6 Å². The number of hydrogen-bond acceptors (Lipinski definition) is 5. The summed E-state index contributed by atoms with van der Waals surface area (Å²) in [7, 11) is -3.54. The number of piperidine rings is 1. The van der Waals surface area contributed by atoms with Crippen LogP contribution in [0.15, 0.2) is 58.5 Å². The van der Waals surface area contributed by atoms with Crippen LogP contribution in [0.2, 0.25) is 0 Å². The van der Waals surface area contributed by atoms with Gasteiger partial charge in [-0.25, -0.2) is 13.8 Å². The quantitative estimate of drug-likeness (QED) is 0.593. The Labute approximate surface area is 164 Å². The molecule has 1 fully saturated rings. The monoisotopic (exact) mass is 401 g/mol. The lowest BCUT2D eigenvalue weighted by Gasteiger charge is -2.30. The van der Waals surface area contributed by atoms with Crippen LogP contribution >= 0.6 is 0 Å². The number of sulfonamides is 1. The minimum Gasteiger partial charge on any atom is -0.508 e. The summed E-state index contributed by atoms with van der Waals surface area (Å²) in [6.45, 7) is 2.50. The molecule has 0 bridgehead atoms. The predicted molar refractivity (Wildman–Crippen MR) is 107 cm³/mol. The van der Waals surface area contributed by atoms with Gasteiger partial charge in [0.05, 0.1) is 11.1 Å². The molecule has 2 N–H and O–H groups in total. The molecule has 0 aliphatic carbocycles. The molecule has 1 amide bonds. The summed E-state index contributed by atoms with van der Waals surface area (Å²) in [5, 5.41) is 13.3. The van der Waals surface area contributed by atoms with E-state index in [9.17, 15) is 18.3 Å². The summed E-state index contributed by atoms with van der Waals surface area (Å²) in [6, 6.07) is 13.3. The average molecular weight is 401 g/mol. The molecule has 28 heavy (non-hydrogen) atoms. The molecule has 2 aromatic rings. The van der Waals surface area contributed by atoms with E-state index >= 15 is 0 Å². The Kier molecular flexibility index (Phi) is 6.11. The number of hydrogen-bond donors (Lipinski definition) is 2. The summed E-state index contributed by atoms with van der Waals surface area (Å²) >= 11 is 0. The third-order valence-electron chi connectivity index (χ3n) is 4.74. The third kappa shape index (κ3) is 4.76. The minimum absolute atomic E-state index is 0.123. The zero-order valence-corrected chi connectivity index (χ0v) is 16.4. The van der Waals surface area contributed by atoms with Gasteiger partial charge in [-0.05, 0) is 49.6 Å². The maximum Gasteiger partial charge on any atom is 0.243 e. The molecule has 0 spiro atoms. The molecule has 0 aromatic heterocycles. The molecule has 148 valence electrons. The number of phenolic OH excluding ortho intramolecular Hbond substituents is 1. The van der Waals surface area contributed by atoms with Gasteiger partial charge in [0.15, 0.2) is 0 Å². The van der Waals surface area contributed by atoms with Crippen molar-refractivity contribution in [3.63, 3.8) is 0 Å². The molecule has 3 rings (SSSR count). The number of nitrogens with one attached hydrogen (secondary N) is 1. The number of carbonyl (C=O) groups excluding carboxylic acids is 1. The molecule has 8 heteroatoms. The summed E-state index contributed by atoms with van der Waals surface area (Å²) in [4.78, 5) is 12.6. The smallest absolute Gasteiger partial charge is 0.243 e. The van der Waals surface area contributed by atoms with Gasteiger partial charge in [0, 0.05) is 19.0 Å². The summed E-state index contributed by atoms with van der Waals surface area (Å²) < 4.78 is 26.9. The Morgan fingerprint density at radius 3 is 2.50 bits per heavy atom. The molecule has 1 heterocycles. The number of rotatable bonds is 5. The second-order valence-corrected chi connectivity index (χ2v) is 8.76. The van der Waals surface area contributed by atoms with Gasteiger partial charge in [0.1, 0.15) is 5.75 Å². The molecule has 0 unspecified atom stereocenters. The number of phenols is 1. The lowest BCUT2D eigenvalue weighted by atomic mass is 9.98. The second-order valence-electron chi connectivity index (χ2n) is 6.82. The molecule has 2 aromatic carbocycles. The standard InChI is InChI=1S/C20H23N3O4S/c1-15-5-7-19(8-6-15)28(26,27)23-11-9-17(10-12-23)20(25)22-21-14-16-3-2-4-18(24)13-16/h2-8,13-14,17,24H,9-12H2,1H3,(H,22,25)/b21-14-. The van der Waals surface area contributed by atoms with E-state index in [0.717, 1.165) is 5.56 Å². The summed E-state index contributed by atoms with van der Waals surface area (Å²) in [5.74, 6) is -0.396. The van der Waals surface area contributed by atoms with Crippen molar-refractivity contribution in [3.8, 4) is 5.75 Å². The van der Waals surface area contributed by atoms with Gasteiger partial charge >= 0.3 is 0 Å². The molecular weight excluding hydrogens is 378 g/mol. The zero-order chi connectivity index (χ0) is 20.1. The first-order chi connectivity index (χ1) is 13.4. The highest BCUT2D eigenvalue weighted by atomic mass is 32.2. The van der Waals surface area contributed by atoms with Crippen molar-refractivity contribution in [3.05, 3.63) is 59.7 Å². The number of carbonyl (C=O) groups is 1. The van der Waals surface area contributed by atoms with Gasteiger partial charge in [0.25, 0.3) is 0 Å². The first-order valence-corrected chi connectivity index (χ1v) is 10.5. The van der Waals surface area contributed by atoms with Crippen LogP contribution in [0.3, 0.4) is 0 Å². The van der Waals surface area contributed by atoms with Crippen molar-refractivity contribution in [1.82, 2.24) is 9.73 Å². The van der Waals surface area contributed by atoms with E-state index in [1.807, 2.05) is 6.92 Å². The molecular formula is C20H23N3O4S. The van der Waals surface area contributed by atoms with Gasteiger partial charge < -0.3 is 5.11 Å². The van der Waals surface area contributed by atoms with Crippen LogP contribution in [0, 0.1) is 12.8 Å². The molecule has 1 aliphatic rings. The number of benzene rings is 2. The van der Waals surface area contributed by atoms with Crippen molar-refractivity contribution < 1.29 is 18.3 Å². The molecule has 1 saturated heterocycles. The number of amides is 1. The van der Waals surface area contributed by atoms with Crippen LogP contribution in [0.4, 0.5) is 0 Å². The first kappa shape index (κ1) is 20.0. The van der Waals surface area contributed by atoms with Crippen LogP contribution in [-0.4, -0.2) is 43.0 Å². The lowest BCUT2D eigenvalue weighted by Crippen LogP contribution is -2.42. The minimum atomic E-state index is -3.54. The zero-order valence-electron chi connectivity index (χ0n) is 15.6. The number of nitrogens with zero attached hydrogens (tertiary/aromatic N) is 2. The number of aryl methyl sites for hydroxylation is 1. The van der Waals surface area contributed by atoms with Gasteiger partial charge in [-0.1, -0.05) is 29.8 Å². The first-order valence-electron chi connectivity index (χ1n) is 9.05. The van der Waals surface area contributed by atoms with Crippen molar-refractivity contribution >= 4 is 22.1 Å². The number of hydrazone groups is 1. The van der Waals surface area contributed by atoms with E-state index in [2.05, 4.69) is 10.5 Å². The van der Waals surface area contributed by atoms with Gasteiger partial charge in [0.2, 0.25) is 15.9 Å². The van der Waals surface area contributed by atoms with Gasteiger partial charge in [-0.2, -0.15) is 9.41 Å². The fourth-order valence-corrected chi connectivity index (χ4v) is 4.55. The lowest BCUT2D eigenvalue weighted by molar-refractivity contribution is -0.126. The second kappa shape index (κ2) is 8.53. The van der Waals surface area contributed by atoms with Crippen molar-refractivity contribution in [2.45, 2.75) is 24.7 Å². The molecule has 0 atom stereocenters. The van der Waals surface area contributed by atoms with Crippen molar-refractivity contribution in [1.29, 1.82) is 0 Å². The normalized spacial score (nSPS) is 16.3. The van der Waals surface area contributed by atoms with E-state index in [4.69, 9.17) is 0 Å². The van der Waals surface area contributed by atoms with Gasteiger partial charge in [-0.3, -0.25) is 4.79 Å². The molecule has 0 saturated carbocycles. The summed E-state index contributed by atoms with van der Waals surface area (Å²) in [6.07, 6.45) is 2.34. The SMILES string of the molecule is Cc1ccc(S(=O)(=O)N2CCC(C(=O)N/N=C\c3cccc(O)c3)CC2)cc1. The van der Waals surface area contributed by atoms with Crippen LogP contribution in [0.25, 0.3) is 0 Å². The predicted octanol–water partition coefficient (Wildman–Crippen LogP) is 2.25. The largest absolute Gasteiger partial charge is 0.508 e. The van der Waals surface area contributed by atoms with E-state index in [-0.39, 0.29) is 22.5 Å². The van der Waals surface area contributed by atoms with Crippen LogP contribution < -0.4 is 5.43 Å². The fourth-order valence-electron chi connectivity index (χ4n) is 3.08. The van der Waals surface area contributed by atoms with E-state index in [1.54, 1.807) is 42.5 Å². The van der Waals surface area contributed by atoms with E-state index in [0.29, 0.717) is 31.5 Å².